The van der Waals surface area contributed by atoms with Crippen LogP contribution in [0.5, 0.6) is 0 Å². The van der Waals surface area contributed by atoms with Gasteiger partial charge in [-0.15, -0.1) is 10.2 Å². The lowest BCUT2D eigenvalue weighted by atomic mass is 10.1. The number of benzene rings is 1. The smallest absolute Gasteiger partial charge is 0.186 e. The van der Waals surface area contributed by atoms with Gasteiger partial charge < -0.3 is 5.32 Å². The molecule has 0 radical (unpaired) electrons. The molecule has 1 aromatic carbocycles. The molecule has 0 atom stereocenters. The lowest BCUT2D eigenvalue weighted by molar-refractivity contribution is 0.742. The Balaban J connectivity index is 1.84. The maximum atomic E-state index is 9.18. The van der Waals surface area contributed by atoms with E-state index in [1.54, 1.807) is 11.0 Å². The van der Waals surface area contributed by atoms with Crippen LogP contribution in [0.15, 0.2) is 30.6 Å². The van der Waals surface area contributed by atoms with Gasteiger partial charge in [-0.3, -0.25) is 4.68 Å². The molecular weight excluding hydrogens is 266 g/mol. The second-order valence-electron chi connectivity index (χ2n) is 4.56. The molecule has 21 heavy (non-hydrogen) atoms. The maximum absolute atomic E-state index is 9.18. The number of rotatable bonds is 4. The predicted molar refractivity (Wildman–Crippen MR) is 77.4 cm³/mol. The zero-order valence-electron chi connectivity index (χ0n) is 11.5. The SMILES string of the molecule is Cn1cnc(CCNc2c(C#N)nnc3ccccc23)n1. The summed E-state index contributed by atoms with van der Waals surface area (Å²) in [5.74, 6) is 0.759. The van der Waals surface area contributed by atoms with Crippen molar-refractivity contribution in [3.05, 3.63) is 42.1 Å². The zero-order chi connectivity index (χ0) is 14.7. The molecule has 7 nitrogen and oxygen atoms in total. The van der Waals surface area contributed by atoms with Crippen LogP contribution in [-0.4, -0.2) is 31.5 Å². The summed E-state index contributed by atoms with van der Waals surface area (Å²) in [5.41, 5.74) is 1.76. The molecule has 0 aliphatic heterocycles. The van der Waals surface area contributed by atoms with Crippen LogP contribution in [0.2, 0.25) is 0 Å². The van der Waals surface area contributed by atoms with Crippen LogP contribution >= 0.6 is 0 Å². The lowest BCUT2D eigenvalue weighted by Gasteiger charge is -2.09. The van der Waals surface area contributed by atoms with Crippen molar-refractivity contribution in [1.82, 2.24) is 25.0 Å². The van der Waals surface area contributed by atoms with Gasteiger partial charge >= 0.3 is 0 Å². The minimum Gasteiger partial charge on any atom is -0.382 e. The van der Waals surface area contributed by atoms with E-state index >= 15 is 0 Å². The van der Waals surface area contributed by atoms with Gasteiger partial charge in [0.05, 0.1) is 11.2 Å². The summed E-state index contributed by atoms with van der Waals surface area (Å²) in [5, 5.41) is 25.5. The minimum absolute atomic E-state index is 0.294. The Morgan fingerprint density at radius 2 is 2.14 bits per heavy atom. The van der Waals surface area contributed by atoms with Crippen molar-refractivity contribution in [3.8, 4) is 6.07 Å². The highest BCUT2D eigenvalue weighted by atomic mass is 15.3. The number of nitrogens with one attached hydrogen (secondary N) is 1. The van der Waals surface area contributed by atoms with Crippen molar-refractivity contribution in [2.75, 3.05) is 11.9 Å². The van der Waals surface area contributed by atoms with Crippen LogP contribution in [0.3, 0.4) is 0 Å². The monoisotopic (exact) mass is 279 g/mol. The van der Waals surface area contributed by atoms with E-state index < -0.39 is 0 Å². The fourth-order valence-corrected chi connectivity index (χ4v) is 2.11. The van der Waals surface area contributed by atoms with Gasteiger partial charge in [0.1, 0.15) is 12.4 Å². The second kappa shape index (κ2) is 5.54. The largest absolute Gasteiger partial charge is 0.382 e. The van der Waals surface area contributed by atoms with Crippen molar-refractivity contribution in [1.29, 1.82) is 5.26 Å². The molecular formula is C14H13N7. The standard InChI is InChI=1S/C14H13N7/c1-21-9-17-13(20-21)6-7-16-14-10-4-2-3-5-11(10)18-19-12(14)8-15/h2-5,9H,6-7H2,1H3,(H,16,18). The van der Waals surface area contributed by atoms with Gasteiger partial charge in [0.15, 0.2) is 11.5 Å². The average molecular weight is 279 g/mol. The molecule has 2 heterocycles. The summed E-state index contributed by atoms with van der Waals surface area (Å²) in [7, 11) is 1.83. The Morgan fingerprint density at radius 3 is 2.90 bits per heavy atom. The highest BCUT2D eigenvalue weighted by Crippen LogP contribution is 2.23. The molecule has 3 aromatic rings. The van der Waals surface area contributed by atoms with E-state index in [0.717, 1.165) is 16.7 Å². The fourth-order valence-electron chi connectivity index (χ4n) is 2.11. The summed E-state index contributed by atoms with van der Waals surface area (Å²) in [4.78, 5) is 4.17. The molecule has 104 valence electrons. The van der Waals surface area contributed by atoms with Crippen LogP contribution in [0.4, 0.5) is 5.69 Å². The van der Waals surface area contributed by atoms with Crippen LogP contribution < -0.4 is 5.32 Å². The molecule has 0 amide bonds. The highest BCUT2D eigenvalue weighted by Gasteiger charge is 2.10. The summed E-state index contributed by atoms with van der Waals surface area (Å²) in [6.45, 7) is 0.619. The fraction of sp³-hybridized carbons (Fsp3) is 0.214. The van der Waals surface area contributed by atoms with Crippen LogP contribution in [-0.2, 0) is 13.5 Å². The molecule has 0 bridgehead atoms. The Kier molecular flexibility index (Phi) is 3.43. The highest BCUT2D eigenvalue weighted by molar-refractivity contribution is 5.92. The normalized spacial score (nSPS) is 10.5. The first-order chi connectivity index (χ1) is 10.3. The van der Waals surface area contributed by atoms with E-state index in [-0.39, 0.29) is 0 Å². The molecule has 1 N–H and O–H groups in total. The van der Waals surface area contributed by atoms with E-state index in [1.165, 1.54) is 0 Å². The first-order valence-electron chi connectivity index (χ1n) is 6.52. The van der Waals surface area contributed by atoms with Crippen LogP contribution in [0.1, 0.15) is 11.5 Å². The Bertz CT molecular complexity index is 816. The number of hydrogen-bond donors (Lipinski definition) is 1. The predicted octanol–water partition coefficient (Wildman–Crippen LogP) is 1.28. The summed E-state index contributed by atoms with van der Waals surface area (Å²) in [6, 6.07) is 9.67. The molecule has 0 saturated heterocycles. The summed E-state index contributed by atoms with van der Waals surface area (Å²) in [6.07, 6.45) is 2.34. The van der Waals surface area contributed by atoms with Gasteiger partial charge in [-0.1, -0.05) is 18.2 Å². The molecule has 0 unspecified atom stereocenters. The van der Waals surface area contributed by atoms with E-state index in [4.69, 9.17) is 0 Å². The Hall–Kier alpha value is -3.01. The zero-order valence-corrected chi connectivity index (χ0v) is 11.5. The lowest BCUT2D eigenvalue weighted by Crippen LogP contribution is -2.09. The summed E-state index contributed by atoms with van der Waals surface area (Å²) < 4.78 is 1.67. The molecule has 0 saturated carbocycles. The molecule has 0 aliphatic carbocycles. The molecule has 2 aromatic heterocycles. The first-order valence-corrected chi connectivity index (χ1v) is 6.52. The van der Waals surface area contributed by atoms with Gasteiger partial charge in [-0.2, -0.15) is 10.4 Å². The van der Waals surface area contributed by atoms with Gasteiger partial charge in [0.25, 0.3) is 0 Å². The van der Waals surface area contributed by atoms with Crippen LogP contribution in [0, 0.1) is 11.3 Å². The summed E-state index contributed by atoms with van der Waals surface area (Å²) >= 11 is 0. The number of hydrogen-bond acceptors (Lipinski definition) is 6. The molecule has 3 rings (SSSR count). The van der Waals surface area contributed by atoms with Crippen molar-refractivity contribution >= 4 is 16.6 Å². The molecule has 0 aliphatic rings. The third kappa shape index (κ3) is 2.65. The van der Waals surface area contributed by atoms with Gasteiger partial charge in [-0.25, -0.2) is 4.98 Å². The number of fused-ring (bicyclic) bond motifs is 1. The van der Waals surface area contributed by atoms with Gasteiger partial charge in [-0.05, 0) is 6.07 Å². The second-order valence-corrected chi connectivity index (χ2v) is 4.56. The average Bonchev–Trinajstić information content (AvgIpc) is 2.93. The van der Waals surface area contributed by atoms with Crippen molar-refractivity contribution in [3.63, 3.8) is 0 Å². The topological polar surface area (TPSA) is 92.3 Å². The number of nitrogens with zero attached hydrogens (tertiary/aromatic N) is 6. The van der Waals surface area contributed by atoms with E-state index in [1.807, 2.05) is 31.3 Å². The van der Waals surface area contributed by atoms with E-state index in [2.05, 4.69) is 31.7 Å². The number of anilines is 1. The third-order valence-electron chi connectivity index (χ3n) is 3.07. The third-order valence-corrected chi connectivity index (χ3v) is 3.07. The minimum atomic E-state index is 0.294. The van der Waals surface area contributed by atoms with Crippen molar-refractivity contribution < 1.29 is 0 Å². The number of aryl methyl sites for hydroxylation is 1. The number of nitriles is 1. The Labute approximate surface area is 121 Å². The van der Waals surface area contributed by atoms with Gasteiger partial charge in [0, 0.05) is 25.4 Å². The maximum Gasteiger partial charge on any atom is 0.186 e. The quantitative estimate of drug-likeness (QED) is 0.773. The van der Waals surface area contributed by atoms with Crippen LogP contribution in [0.25, 0.3) is 10.9 Å². The van der Waals surface area contributed by atoms with E-state index in [9.17, 15) is 5.26 Å². The molecule has 0 spiro atoms. The van der Waals surface area contributed by atoms with Crippen molar-refractivity contribution in [2.24, 2.45) is 7.05 Å². The van der Waals surface area contributed by atoms with Crippen molar-refractivity contribution in [2.45, 2.75) is 6.42 Å². The number of aromatic nitrogens is 5. The van der Waals surface area contributed by atoms with E-state index in [0.29, 0.717) is 24.3 Å². The first kappa shape index (κ1) is 13.0. The Morgan fingerprint density at radius 1 is 1.29 bits per heavy atom. The molecule has 0 fully saturated rings. The van der Waals surface area contributed by atoms with Gasteiger partial charge in [0.2, 0.25) is 0 Å². The molecule has 7 heteroatoms.